The maximum Gasteiger partial charge on any atom is 0.318 e. The number of aryl methyl sites for hydroxylation is 1. The van der Waals surface area contributed by atoms with Gasteiger partial charge in [0.05, 0.1) is 0 Å². The van der Waals surface area contributed by atoms with E-state index in [-0.39, 0.29) is 23.0 Å². The molecule has 1 aromatic rings. The Morgan fingerprint density at radius 3 is 1.93 bits per heavy atom. The number of benzene rings is 1. The summed E-state index contributed by atoms with van der Waals surface area (Å²) >= 11 is 0. The summed E-state index contributed by atoms with van der Waals surface area (Å²) in [6, 6.07) is 2.81. The van der Waals surface area contributed by atoms with Crippen LogP contribution in [0.1, 0.15) is 71.6 Å². The largest absolute Gasteiger partial charge is 0.507 e. The molecule has 28 heavy (non-hydrogen) atoms. The molecule has 1 unspecified atom stereocenters. The number of hydrogen-bond acceptors (Lipinski definition) is 5. The van der Waals surface area contributed by atoms with Crippen LogP contribution in [0.15, 0.2) is 12.1 Å². The number of carbonyl (C=O) groups is 3. The minimum absolute atomic E-state index is 0.0616. The number of primary amides is 1. The first kappa shape index (κ1) is 23.5. The van der Waals surface area contributed by atoms with Crippen LogP contribution in [0.3, 0.4) is 0 Å². The van der Waals surface area contributed by atoms with Crippen LogP contribution < -0.4 is 11.1 Å². The molecular weight excluding hydrogens is 360 g/mol. The fraction of sp³-hybridized carbons (Fsp3) is 0.571. The lowest BCUT2D eigenvalue weighted by atomic mass is 9.78. The zero-order valence-corrected chi connectivity index (χ0v) is 17.8. The SMILES string of the molecule is CC(OC(=O)CCc1cc(C(C)(C)C)c(O)c(C(C)(C)C)c1)C(=O)NC(N)=O. The molecule has 0 aliphatic rings. The lowest BCUT2D eigenvalue weighted by Crippen LogP contribution is -2.42. The Balaban J connectivity index is 2.96. The van der Waals surface area contributed by atoms with E-state index in [1.807, 2.05) is 59.0 Å². The molecule has 0 heterocycles. The molecule has 0 fully saturated rings. The second-order valence-electron chi connectivity index (χ2n) is 9.03. The fourth-order valence-electron chi connectivity index (χ4n) is 2.76. The number of nitrogens with two attached hydrogens (primary N) is 1. The van der Waals surface area contributed by atoms with Gasteiger partial charge in [0.1, 0.15) is 5.75 Å². The molecular formula is C21H32N2O5. The third-order valence-electron chi connectivity index (χ3n) is 4.33. The molecule has 0 bridgehead atoms. The zero-order chi connectivity index (χ0) is 21.9. The minimum atomic E-state index is -1.12. The monoisotopic (exact) mass is 392 g/mol. The van der Waals surface area contributed by atoms with Crippen molar-refractivity contribution in [2.75, 3.05) is 0 Å². The number of rotatable bonds is 5. The van der Waals surface area contributed by atoms with Crippen LogP contribution in [0.25, 0.3) is 0 Å². The molecule has 1 atom stereocenters. The number of urea groups is 1. The van der Waals surface area contributed by atoms with Crippen molar-refractivity contribution in [3.05, 3.63) is 28.8 Å². The highest BCUT2D eigenvalue weighted by atomic mass is 16.5. The first-order chi connectivity index (χ1) is 12.6. The molecule has 7 heteroatoms. The molecule has 0 aliphatic carbocycles. The van der Waals surface area contributed by atoms with Gasteiger partial charge in [0, 0.05) is 6.42 Å². The second kappa shape index (κ2) is 8.63. The van der Waals surface area contributed by atoms with Crippen LogP contribution in [0.2, 0.25) is 0 Å². The Morgan fingerprint density at radius 2 is 1.54 bits per heavy atom. The molecule has 1 aromatic carbocycles. The van der Waals surface area contributed by atoms with E-state index in [0.717, 1.165) is 16.7 Å². The summed E-state index contributed by atoms with van der Waals surface area (Å²) in [6.07, 6.45) is -0.656. The van der Waals surface area contributed by atoms with Gasteiger partial charge in [-0.3, -0.25) is 14.9 Å². The summed E-state index contributed by atoms with van der Waals surface area (Å²) < 4.78 is 5.05. The lowest BCUT2D eigenvalue weighted by Gasteiger charge is -2.28. The van der Waals surface area contributed by atoms with E-state index in [1.165, 1.54) is 6.92 Å². The number of carbonyl (C=O) groups excluding carboxylic acids is 3. The number of phenolic OH excluding ortho intramolecular Hbond substituents is 1. The number of esters is 1. The molecule has 0 aliphatic heterocycles. The van der Waals surface area contributed by atoms with Crippen molar-refractivity contribution in [3.8, 4) is 5.75 Å². The van der Waals surface area contributed by atoms with Gasteiger partial charge in [0.2, 0.25) is 0 Å². The van der Waals surface area contributed by atoms with Crippen LogP contribution in [0, 0.1) is 0 Å². The molecule has 0 radical (unpaired) electrons. The van der Waals surface area contributed by atoms with E-state index in [0.29, 0.717) is 6.42 Å². The molecule has 0 spiro atoms. The number of imide groups is 1. The maximum atomic E-state index is 12.1. The van der Waals surface area contributed by atoms with E-state index in [4.69, 9.17) is 10.5 Å². The summed E-state index contributed by atoms with van der Waals surface area (Å²) in [5.41, 5.74) is 6.89. The van der Waals surface area contributed by atoms with E-state index in [1.54, 1.807) is 0 Å². The predicted octanol–water partition coefficient (Wildman–Crippen LogP) is 3.05. The highest BCUT2D eigenvalue weighted by Gasteiger charge is 2.27. The van der Waals surface area contributed by atoms with Crippen molar-refractivity contribution in [1.82, 2.24) is 5.32 Å². The predicted molar refractivity (Wildman–Crippen MR) is 107 cm³/mol. The summed E-state index contributed by atoms with van der Waals surface area (Å²) in [5, 5.41) is 12.6. The van der Waals surface area contributed by atoms with Crippen LogP contribution in [-0.4, -0.2) is 29.1 Å². The second-order valence-corrected chi connectivity index (χ2v) is 9.03. The highest BCUT2D eigenvalue weighted by Crippen LogP contribution is 2.39. The van der Waals surface area contributed by atoms with E-state index in [2.05, 4.69) is 0 Å². The molecule has 4 N–H and O–H groups in total. The van der Waals surface area contributed by atoms with Crippen molar-refractivity contribution in [2.45, 2.75) is 78.2 Å². The Bertz CT molecular complexity index is 722. The lowest BCUT2D eigenvalue weighted by molar-refractivity contribution is -0.154. The number of ether oxygens (including phenoxy) is 1. The first-order valence-electron chi connectivity index (χ1n) is 9.29. The summed E-state index contributed by atoms with van der Waals surface area (Å²) in [4.78, 5) is 34.4. The molecule has 0 saturated heterocycles. The van der Waals surface area contributed by atoms with Crippen molar-refractivity contribution < 1.29 is 24.2 Å². The van der Waals surface area contributed by atoms with Crippen LogP contribution in [0.4, 0.5) is 4.79 Å². The Labute approximate surface area is 166 Å². The summed E-state index contributed by atoms with van der Waals surface area (Å²) in [6.45, 7) is 13.5. The number of amides is 3. The Morgan fingerprint density at radius 1 is 1.07 bits per heavy atom. The van der Waals surface area contributed by atoms with E-state index < -0.39 is 24.0 Å². The van der Waals surface area contributed by atoms with Crippen molar-refractivity contribution in [2.24, 2.45) is 5.73 Å². The molecule has 0 saturated carbocycles. The van der Waals surface area contributed by atoms with Gasteiger partial charge in [0.25, 0.3) is 5.91 Å². The molecule has 7 nitrogen and oxygen atoms in total. The molecule has 156 valence electrons. The Kier molecular flexibility index (Phi) is 7.23. The van der Waals surface area contributed by atoms with Crippen molar-refractivity contribution in [3.63, 3.8) is 0 Å². The van der Waals surface area contributed by atoms with Crippen LogP contribution in [-0.2, 0) is 31.6 Å². The van der Waals surface area contributed by atoms with Gasteiger partial charge >= 0.3 is 12.0 Å². The first-order valence-corrected chi connectivity index (χ1v) is 9.29. The van der Waals surface area contributed by atoms with Gasteiger partial charge in [0.15, 0.2) is 6.10 Å². The smallest absolute Gasteiger partial charge is 0.318 e. The van der Waals surface area contributed by atoms with E-state index >= 15 is 0 Å². The number of phenols is 1. The highest BCUT2D eigenvalue weighted by molar-refractivity contribution is 5.96. The maximum absolute atomic E-state index is 12.1. The van der Waals surface area contributed by atoms with Gasteiger partial charge in [-0.15, -0.1) is 0 Å². The Hall–Kier alpha value is -2.57. The van der Waals surface area contributed by atoms with Crippen molar-refractivity contribution >= 4 is 17.9 Å². The van der Waals surface area contributed by atoms with Gasteiger partial charge < -0.3 is 15.6 Å². The van der Waals surface area contributed by atoms with Gasteiger partial charge in [-0.1, -0.05) is 53.7 Å². The van der Waals surface area contributed by atoms with Gasteiger partial charge in [-0.05, 0) is 40.9 Å². The standard InChI is InChI=1S/C21H32N2O5/c1-12(18(26)23-19(22)27)28-16(24)9-8-13-10-14(20(2,3)4)17(25)15(11-13)21(5,6)7/h10-12,25H,8-9H2,1-7H3,(H3,22,23,26,27). The van der Waals surface area contributed by atoms with Gasteiger partial charge in [-0.25, -0.2) is 4.79 Å². The summed E-state index contributed by atoms with van der Waals surface area (Å²) in [7, 11) is 0. The third-order valence-corrected chi connectivity index (χ3v) is 4.33. The average Bonchev–Trinajstić information content (AvgIpc) is 2.50. The minimum Gasteiger partial charge on any atom is -0.507 e. The number of nitrogens with one attached hydrogen (secondary N) is 1. The van der Waals surface area contributed by atoms with E-state index in [9.17, 15) is 19.5 Å². The normalized spacial score (nSPS) is 13.0. The number of aromatic hydroxyl groups is 1. The van der Waals surface area contributed by atoms with Crippen LogP contribution in [0.5, 0.6) is 5.75 Å². The number of hydrogen-bond donors (Lipinski definition) is 3. The third kappa shape index (κ3) is 6.55. The van der Waals surface area contributed by atoms with Crippen LogP contribution >= 0.6 is 0 Å². The quantitative estimate of drug-likeness (QED) is 0.666. The summed E-state index contributed by atoms with van der Waals surface area (Å²) in [5.74, 6) is -1.05. The molecule has 1 rings (SSSR count). The van der Waals surface area contributed by atoms with Gasteiger partial charge in [-0.2, -0.15) is 0 Å². The fourth-order valence-corrected chi connectivity index (χ4v) is 2.76. The zero-order valence-electron chi connectivity index (χ0n) is 17.8. The topological polar surface area (TPSA) is 119 Å². The molecule has 0 aromatic heterocycles. The molecule has 3 amide bonds. The average molecular weight is 392 g/mol. The van der Waals surface area contributed by atoms with Crippen molar-refractivity contribution in [1.29, 1.82) is 0 Å².